The van der Waals surface area contributed by atoms with Crippen LogP contribution in [0.3, 0.4) is 0 Å². The van der Waals surface area contributed by atoms with Gasteiger partial charge < -0.3 is 14.6 Å². The zero-order valence-corrected chi connectivity index (χ0v) is 21.7. The van der Waals surface area contributed by atoms with Gasteiger partial charge >= 0.3 is 0 Å². The third kappa shape index (κ3) is 4.77. The second kappa shape index (κ2) is 10.2. The molecule has 10 heteroatoms. The maximum atomic E-state index is 13.6. The van der Waals surface area contributed by atoms with E-state index in [9.17, 15) is 9.90 Å². The van der Waals surface area contributed by atoms with Gasteiger partial charge in [-0.1, -0.05) is 35.1 Å². The van der Waals surface area contributed by atoms with Crippen LogP contribution in [0, 0.1) is 0 Å². The maximum absolute atomic E-state index is 13.6. The van der Waals surface area contributed by atoms with Crippen molar-refractivity contribution >= 4 is 67.7 Å². The molecule has 5 rings (SSSR count). The summed E-state index contributed by atoms with van der Waals surface area (Å²) >= 11 is 8.97. The van der Waals surface area contributed by atoms with Crippen molar-refractivity contribution in [3.63, 3.8) is 0 Å². The molecule has 1 aliphatic heterocycles. The highest BCUT2D eigenvalue weighted by Crippen LogP contribution is 2.39. The molecule has 36 heavy (non-hydrogen) atoms. The van der Waals surface area contributed by atoms with E-state index in [0.717, 1.165) is 15.1 Å². The quantitative estimate of drug-likeness (QED) is 0.221. The van der Waals surface area contributed by atoms with Gasteiger partial charge in [0.25, 0.3) is 5.91 Å². The van der Waals surface area contributed by atoms with Crippen molar-refractivity contribution in [3.8, 4) is 17.2 Å². The summed E-state index contributed by atoms with van der Waals surface area (Å²) in [4.78, 5) is 19.2. The Morgan fingerprint density at radius 3 is 2.44 bits per heavy atom. The standard InChI is InChI=1S/C26H20ClN3O4S2/c1-33-21-12-15(13-22(34-2)24(21)31)11-18-20(14-35-17-9-7-16(27)8-10-17)29-30(25(18)32)26-28-19-5-3-4-6-23(19)36-26/h3-13,31H,14H2,1-2H3/b18-11+. The Morgan fingerprint density at radius 2 is 1.78 bits per heavy atom. The number of amides is 1. The van der Waals surface area contributed by atoms with Crippen LogP contribution in [-0.2, 0) is 4.79 Å². The second-order valence-electron chi connectivity index (χ2n) is 7.70. The zero-order chi connectivity index (χ0) is 25.2. The molecule has 0 saturated carbocycles. The molecule has 3 aromatic carbocycles. The number of methoxy groups -OCH3 is 2. The number of aromatic hydroxyl groups is 1. The van der Waals surface area contributed by atoms with Crippen molar-refractivity contribution < 1.29 is 19.4 Å². The molecule has 0 bridgehead atoms. The van der Waals surface area contributed by atoms with Gasteiger partial charge in [-0.2, -0.15) is 10.1 Å². The van der Waals surface area contributed by atoms with Crippen LogP contribution < -0.4 is 14.5 Å². The van der Waals surface area contributed by atoms with Gasteiger partial charge in [-0.15, -0.1) is 11.8 Å². The molecule has 0 spiro atoms. The van der Waals surface area contributed by atoms with E-state index in [1.165, 1.54) is 30.6 Å². The minimum absolute atomic E-state index is 0.108. The van der Waals surface area contributed by atoms with Crippen molar-refractivity contribution in [2.24, 2.45) is 5.10 Å². The Hall–Kier alpha value is -3.53. The number of halogens is 1. The molecule has 1 aromatic heterocycles. The summed E-state index contributed by atoms with van der Waals surface area (Å²) in [5, 5.41) is 17.5. The zero-order valence-electron chi connectivity index (χ0n) is 19.3. The van der Waals surface area contributed by atoms with Crippen molar-refractivity contribution in [2.45, 2.75) is 4.90 Å². The third-order valence-electron chi connectivity index (χ3n) is 5.42. The number of thioether (sulfide) groups is 1. The predicted molar refractivity (Wildman–Crippen MR) is 146 cm³/mol. The van der Waals surface area contributed by atoms with Gasteiger partial charge in [0.1, 0.15) is 0 Å². The SMILES string of the molecule is COc1cc(/C=C2/C(=O)N(c3nc4ccccc4s3)N=C2CSc2ccc(Cl)cc2)cc(OC)c1O. The van der Waals surface area contributed by atoms with Crippen molar-refractivity contribution in [1.29, 1.82) is 0 Å². The van der Waals surface area contributed by atoms with E-state index in [1.54, 1.807) is 30.0 Å². The fourth-order valence-corrected chi connectivity index (χ4v) is 5.52. The van der Waals surface area contributed by atoms with Gasteiger partial charge in [-0.3, -0.25) is 4.79 Å². The Morgan fingerprint density at radius 1 is 1.08 bits per heavy atom. The number of hydrazone groups is 1. The Bertz CT molecular complexity index is 1460. The number of nitrogens with zero attached hydrogens (tertiary/aromatic N) is 3. The molecule has 182 valence electrons. The summed E-state index contributed by atoms with van der Waals surface area (Å²) in [5.74, 6) is 0.537. The molecule has 1 N–H and O–H groups in total. The number of para-hydroxylation sites is 1. The lowest BCUT2D eigenvalue weighted by Crippen LogP contribution is -2.21. The molecule has 1 amide bonds. The van der Waals surface area contributed by atoms with E-state index in [-0.39, 0.29) is 23.2 Å². The summed E-state index contributed by atoms with van der Waals surface area (Å²) in [5.41, 5.74) is 2.46. The Labute approximate surface area is 220 Å². The minimum Gasteiger partial charge on any atom is -0.502 e. The summed E-state index contributed by atoms with van der Waals surface area (Å²) in [7, 11) is 2.91. The number of phenols is 1. The number of carbonyl (C=O) groups is 1. The van der Waals surface area contributed by atoms with E-state index in [2.05, 4.69) is 10.1 Å². The number of fused-ring (bicyclic) bond motifs is 1. The normalized spacial score (nSPS) is 14.5. The first-order chi connectivity index (χ1) is 17.5. The Kier molecular flexibility index (Phi) is 6.86. The van der Waals surface area contributed by atoms with Gasteiger partial charge in [0.05, 0.1) is 35.7 Å². The second-order valence-corrected chi connectivity index (χ2v) is 10.2. The number of anilines is 1. The number of phenolic OH excluding ortho intramolecular Hbond substituents is 1. The fourth-order valence-electron chi connectivity index (χ4n) is 3.64. The van der Waals surface area contributed by atoms with Gasteiger partial charge in [-0.25, -0.2) is 4.98 Å². The first-order valence-electron chi connectivity index (χ1n) is 10.8. The molecule has 0 aliphatic carbocycles. The number of ether oxygens (including phenoxy) is 2. The lowest BCUT2D eigenvalue weighted by atomic mass is 10.1. The Balaban J connectivity index is 1.54. The monoisotopic (exact) mass is 537 g/mol. The summed E-state index contributed by atoms with van der Waals surface area (Å²) in [6, 6.07) is 18.5. The smallest absolute Gasteiger partial charge is 0.282 e. The van der Waals surface area contributed by atoms with Crippen molar-refractivity contribution in [3.05, 3.63) is 76.8 Å². The third-order valence-corrected chi connectivity index (χ3v) is 7.71. The number of thiazole rings is 1. The van der Waals surface area contributed by atoms with Crippen LogP contribution in [0.1, 0.15) is 5.56 Å². The molecule has 0 unspecified atom stereocenters. The van der Waals surface area contributed by atoms with E-state index < -0.39 is 0 Å². The maximum Gasteiger partial charge on any atom is 0.282 e. The van der Waals surface area contributed by atoms with Gasteiger partial charge in [0.15, 0.2) is 11.5 Å². The van der Waals surface area contributed by atoms with Crippen LogP contribution in [0.4, 0.5) is 5.13 Å². The van der Waals surface area contributed by atoms with Crippen molar-refractivity contribution in [2.75, 3.05) is 25.0 Å². The number of hydrogen-bond donors (Lipinski definition) is 1. The van der Waals surface area contributed by atoms with Gasteiger partial charge in [0.2, 0.25) is 10.9 Å². The first-order valence-corrected chi connectivity index (χ1v) is 13.0. The van der Waals surface area contributed by atoms with Crippen molar-refractivity contribution in [1.82, 2.24) is 4.98 Å². The van der Waals surface area contributed by atoms with E-state index in [4.69, 9.17) is 21.1 Å². The molecular weight excluding hydrogens is 518 g/mol. The molecule has 0 saturated heterocycles. The fraction of sp³-hybridized carbons (Fsp3) is 0.115. The molecule has 2 heterocycles. The lowest BCUT2D eigenvalue weighted by molar-refractivity contribution is -0.114. The predicted octanol–water partition coefficient (Wildman–Crippen LogP) is 6.25. The molecule has 4 aromatic rings. The summed E-state index contributed by atoms with van der Waals surface area (Å²) < 4.78 is 11.5. The summed E-state index contributed by atoms with van der Waals surface area (Å²) in [6.45, 7) is 0. The molecule has 1 aliphatic rings. The van der Waals surface area contributed by atoms with Crippen LogP contribution >= 0.6 is 34.7 Å². The highest BCUT2D eigenvalue weighted by Gasteiger charge is 2.33. The number of rotatable bonds is 7. The van der Waals surface area contributed by atoms with Crippen LogP contribution in [0.5, 0.6) is 17.2 Å². The topological polar surface area (TPSA) is 84.2 Å². The highest BCUT2D eigenvalue weighted by atomic mass is 35.5. The number of hydrogen-bond acceptors (Lipinski definition) is 8. The van der Waals surface area contributed by atoms with E-state index >= 15 is 0 Å². The lowest BCUT2D eigenvalue weighted by Gasteiger charge is -2.10. The van der Waals surface area contributed by atoms with E-state index in [0.29, 0.717) is 32.8 Å². The number of aromatic nitrogens is 1. The van der Waals surface area contributed by atoms with E-state index in [1.807, 2.05) is 48.5 Å². The first kappa shape index (κ1) is 24.2. The molecule has 7 nitrogen and oxygen atoms in total. The number of benzene rings is 3. The van der Waals surface area contributed by atoms with Crippen LogP contribution in [0.2, 0.25) is 5.02 Å². The van der Waals surface area contributed by atoms with Crippen LogP contribution in [0.25, 0.3) is 16.3 Å². The molecule has 0 radical (unpaired) electrons. The highest BCUT2D eigenvalue weighted by molar-refractivity contribution is 8.00. The van der Waals surface area contributed by atoms with Gasteiger partial charge in [0, 0.05) is 15.7 Å². The molecule has 0 fully saturated rings. The largest absolute Gasteiger partial charge is 0.502 e. The summed E-state index contributed by atoms with van der Waals surface area (Å²) in [6.07, 6.45) is 1.72. The van der Waals surface area contributed by atoms with Crippen LogP contribution in [-0.4, -0.2) is 41.7 Å². The van der Waals surface area contributed by atoms with Crippen LogP contribution in [0.15, 0.2) is 76.2 Å². The molecule has 0 atom stereocenters. The molecular formula is C26H20ClN3O4S2. The van der Waals surface area contributed by atoms with Gasteiger partial charge in [-0.05, 0) is 60.2 Å². The average Bonchev–Trinajstić information content (AvgIpc) is 3.45. The number of carbonyl (C=O) groups excluding carboxylic acids is 1. The average molecular weight is 538 g/mol. The minimum atomic E-state index is -0.285.